The van der Waals surface area contributed by atoms with Gasteiger partial charge in [0.2, 0.25) is 0 Å². The summed E-state index contributed by atoms with van der Waals surface area (Å²) in [5.41, 5.74) is 2.00. The summed E-state index contributed by atoms with van der Waals surface area (Å²) in [6.07, 6.45) is 9.91. The Morgan fingerprint density at radius 3 is 2.53 bits per heavy atom. The number of alkyl halides is 1. The number of rotatable bonds is 9. The van der Waals surface area contributed by atoms with Crippen LogP contribution in [0.2, 0.25) is 0 Å². The fourth-order valence-corrected chi connectivity index (χ4v) is 5.44. The van der Waals surface area contributed by atoms with Crippen LogP contribution in [-0.4, -0.2) is 46.0 Å². The first kappa shape index (κ1) is 23.3. The van der Waals surface area contributed by atoms with E-state index in [1.165, 1.54) is 19.3 Å². The van der Waals surface area contributed by atoms with E-state index >= 15 is 0 Å². The fourth-order valence-electron chi connectivity index (χ4n) is 5.00. The van der Waals surface area contributed by atoms with E-state index in [4.69, 9.17) is 21.4 Å². The Kier molecular flexibility index (Phi) is 8.75. The number of halogens is 1. The zero-order valence-corrected chi connectivity index (χ0v) is 18.1. The lowest BCUT2D eigenvalue weighted by Crippen LogP contribution is -2.19. The number of carboxylic acids is 1. The second-order valence-corrected chi connectivity index (χ2v) is 9.19. The minimum Gasteiger partial charge on any atom is -0.480 e. The smallest absolute Gasteiger partial charge is 0.329 e. The molecule has 6 heteroatoms. The predicted octanol–water partition coefficient (Wildman–Crippen LogP) is 4.42. The average Bonchev–Trinajstić information content (AvgIpc) is 3.03. The van der Waals surface area contributed by atoms with E-state index in [1.54, 1.807) is 6.08 Å². The van der Waals surface area contributed by atoms with Crippen molar-refractivity contribution in [3.8, 4) is 0 Å². The van der Waals surface area contributed by atoms with Crippen LogP contribution in [0.4, 0.5) is 0 Å². The molecule has 2 fully saturated rings. The van der Waals surface area contributed by atoms with Gasteiger partial charge in [-0.3, -0.25) is 0 Å². The Labute approximate surface area is 183 Å². The predicted molar refractivity (Wildman–Crippen MR) is 117 cm³/mol. The Morgan fingerprint density at radius 1 is 1.17 bits per heavy atom. The van der Waals surface area contributed by atoms with Crippen LogP contribution in [0.5, 0.6) is 0 Å². The van der Waals surface area contributed by atoms with Crippen LogP contribution >= 0.6 is 11.6 Å². The normalized spacial score (nSPS) is 28.8. The van der Waals surface area contributed by atoms with E-state index in [2.05, 4.69) is 0 Å². The first-order valence-electron chi connectivity index (χ1n) is 11.0. The first-order valence-corrected chi connectivity index (χ1v) is 11.5. The molecular weight excluding hydrogens is 404 g/mol. The molecule has 2 aliphatic rings. The lowest BCUT2D eigenvalue weighted by molar-refractivity contribution is -0.141. The highest BCUT2D eigenvalue weighted by atomic mass is 35.5. The molecule has 0 bridgehead atoms. The molecule has 5 atom stereocenters. The molecule has 5 nitrogen and oxygen atoms in total. The van der Waals surface area contributed by atoms with Gasteiger partial charge in [0.25, 0.3) is 0 Å². The van der Waals surface area contributed by atoms with Crippen molar-refractivity contribution >= 4 is 17.6 Å². The van der Waals surface area contributed by atoms with Gasteiger partial charge in [-0.25, -0.2) is 4.79 Å². The SMILES string of the molecule is O=C(O)COC/C=C\C[C@@H]1[C@@H](c2ccc(C(O)C3CCCCC3)cc2)[C@H](O)C[C@@H]1Cl. The molecule has 0 heterocycles. The summed E-state index contributed by atoms with van der Waals surface area (Å²) >= 11 is 6.54. The number of aliphatic carboxylic acids is 1. The maximum atomic E-state index is 10.7. The van der Waals surface area contributed by atoms with Crippen LogP contribution in [0, 0.1) is 11.8 Å². The van der Waals surface area contributed by atoms with E-state index in [0.29, 0.717) is 18.8 Å². The molecule has 0 saturated heterocycles. The molecule has 1 aromatic rings. The van der Waals surface area contributed by atoms with Crippen molar-refractivity contribution < 1.29 is 24.9 Å². The lowest BCUT2D eigenvalue weighted by Gasteiger charge is -2.27. The Bertz CT molecular complexity index is 698. The standard InChI is InChI=1S/C24H33ClO5/c25-20-14-21(26)23(19(20)8-4-5-13-30-15-22(27)28)16-9-11-18(12-10-16)24(29)17-6-2-1-3-7-17/h4-5,9-12,17,19-21,23-24,26,29H,1-3,6-8,13-15H2,(H,27,28)/b5-4-/t19-,20-,21+,23+,24?/m0/s1. The molecule has 166 valence electrons. The van der Waals surface area contributed by atoms with Gasteiger partial charge in [-0.05, 0) is 48.6 Å². The van der Waals surface area contributed by atoms with Gasteiger partial charge in [-0.15, -0.1) is 11.6 Å². The summed E-state index contributed by atoms with van der Waals surface area (Å²) < 4.78 is 5.01. The van der Waals surface area contributed by atoms with Gasteiger partial charge in [0.15, 0.2) is 0 Å². The molecule has 2 saturated carbocycles. The first-order chi connectivity index (χ1) is 14.5. The third-order valence-corrected chi connectivity index (χ3v) is 7.08. The number of carbonyl (C=O) groups is 1. The molecule has 3 N–H and O–H groups in total. The van der Waals surface area contributed by atoms with Crippen molar-refractivity contribution in [1.29, 1.82) is 0 Å². The molecule has 0 aliphatic heterocycles. The van der Waals surface area contributed by atoms with Gasteiger partial charge in [0.05, 0.1) is 18.8 Å². The number of aliphatic hydroxyl groups excluding tert-OH is 2. The second-order valence-electron chi connectivity index (χ2n) is 8.63. The summed E-state index contributed by atoms with van der Waals surface area (Å²) in [7, 11) is 0. The minimum absolute atomic E-state index is 0.0574. The number of benzene rings is 1. The molecule has 0 aromatic heterocycles. The van der Waals surface area contributed by atoms with Crippen LogP contribution in [0.15, 0.2) is 36.4 Å². The van der Waals surface area contributed by atoms with Crippen LogP contribution < -0.4 is 0 Å². The monoisotopic (exact) mass is 436 g/mol. The highest BCUT2D eigenvalue weighted by Gasteiger charge is 2.41. The third-order valence-electron chi connectivity index (χ3n) is 6.58. The number of aliphatic hydroxyl groups is 2. The van der Waals surface area contributed by atoms with Gasteiger partial charge in [-0.1, -0.05) is 55.7 Å². The van der Waals surface area contributed by atoms with Crippen molar-refractivity contribution in [2.45, 2.75) is 68.4 Å². The van der Waals surface area contributed by atoms with Crippen molar-refractivity contribution in [1.82, 2.24) is 0 Å². The maximum Gasteiger partial charge on any atom is 0.329 e. The highest BCUT2D eigenvalue weighted by Crippen LogP contribution is 2.45. The van der Waals surface area contributed by atoms with Crippen LogP contribution in [0.1, 0.15) is 68.1 Å². The van der Waals surface area contributed by atoms with Crippen LogP contribution in [0.3, 0.4) is 0 Å². The molecule has 0 radical (unpaired) electrons. The van der Waals surface area contributed by atoms with Crippen molar-refractivity contribution in [3.63, 3.8) is 0 Å². The molecular formula is C24H33ClO5. The number of ether oxygens (including phenoxy) is 1. The molecule has 1 unspecified atom stereocenters. The summed E-state index contributed by atoms with van der Waals surface area (Å²) in [5.74, 6) is -0.611. The molecule has 2 aliphatic carbocycles. The molecule has 1 aromatic carbocycles. The van der Waals surface area contributed by atoms with Crippen LogP contribution in [0.25, 0.3) is 0 Å². The van der Waals surface area contributed by atoms with Gasteiger partial charge in [0.1, 0.15) is 6.61 Å². The Morgan fingerprint density at radius 2 is 1.87 bits per heavy atom. The zero-order chi connectivity index (χ0) is 21.5. The van der Waals surface area contributed by atoms with E-state index in [9.17, 15) is 15.0 Å². The van der Waals surface area contributed by atoms with E-state index in [0.717, 1.165) is 24.0 Å². The largest absolute Gasteiger partial charge is 0.480 e. The third kappa shape index (κ3) is 6.07. The number of hydrogen-bond acceptors (Lipinski definition) is 4. The topological polar surface area (TPSA) is 87.0 Å². The Balaban J connectivity index is 1.61. The number of allylic oxidation sites excluding steroid dienone is 1. The summed E-state index contributed by atoms with van der Waals surface area (Å²) in [6.45, 7) is -0.0702. The van der Waals surface area contributed by atoms with E-state index in [1.807, 2.05) is 30.3 Å². The van der Waals surface area contributed by atoms with Gasteiger partial charge in [0, 0.05) is 11.3 Å². The van der Waals surface area contributed by atoms with E-state index < -0.39 is 18.2 Å². The Hall–Kier alpha value is -1.40. The number of hydrogen-bond donors (Lipinski definition) is 3. The van der Waals surface area contributed by atoms with E-state index in [-0.39, 0.29) is 30.4 Å². The summed E-state index contributed by atoms with van der Waals surface area (Å²) in [6, 6.07) is 8.04. The second kappa shape index (κ2) is 11.3. The average molecular weight is 437 g/mol. The van der Waals surface area contributed by atoms with Gasteiger partial charge >= 0.3 is 5.97 Å². The zero-order valence-electron chi connectivity index (χ0n) is 17.3. The van der Waals surface area contributed by atoms with Gasteiger partial charge < -0.3 is 20.1 Å². The fraction of sp³-hybridized carbons (Fsp3) is 0.625. The molecule has 3 rings (SSSR count). The summed E-state index contributed by atoms with van der Waals surface area (Å²) in [4.78, 5) is 10.5. The van der Waals surface area contributed by atoms with Gasteiger partial charge in [-0.2, -0.15) is 0 Å². The summed E-state index contributed by atoms with van der Waals surface area (Å²) in [5, 5.41) is 29.8. The molecule has 30 heavy (non-hydrogen) atoms. The lowest BCUT2D eigenvalue weighted by atomic mass is 9.81. The maximum absolute atomic E-state index is 10.7. The highest BCUT2D eigenvalue weighted by molar-refractivity contribution is 6.21. The molecule has 0 amide bonds. The number of carboxylic acid groups (broad SMARTS) is 1. The molecule has 0 spiro atoms. The van der Waals surface area contributed by atoms with Crippen molar-refractivity contribution in [3.05, 3.63) is 47.5 Å². The minimum atomic E-state index is -0.986. The van der Waals surface area contributed by atoms with Crippen molar-refractivity contribution in [2.24, 2.45) is 11.8 Å². The van der Waals surface area contributed by atoms with Crippen LogP contribution in [-0.2, 0) is 9.53 Å². The quantitative estimate of drug-likeness (QED) is 0.303. The van der Waals surface area contributed by atoms with Crippen molar-refractivity contribution in [2.75, 3.05) is 13.2 Å².